The quantitative estimate of drug-likeness (QED) is 0.868. The molecule has 1 unspecified atom stereocenters. The molecular weight excluding hydrogens is 274 g/mol. The van der Waals surface area contributed by atoms with E-state index < -0.39 is 5.97 Å². The van der Waals surface area contributed by atoms with Crippen LogP contribution < -0.4 is 0 Å². The molecule has 4 nitrogen and oxygen atoms in total. The number of hydrogen-bond acceptors (Lipinski definition) is 4. The third-order valence-electron chi connectivity index (χ3n) is 3.11. The molecule has 0 radical (unpaired) electrons. The fourth-order valence-electron chi connectivity index (χ4n) is 2.66. The molecule has 1 aliphatic rings. The number of aliphatic carboxylic acids is 1. The topological polar surface area (TPSA) is 49.8 Å². The van der Waals surface area contributed by atoms with Crippen LogP contribution in [0.2, 0.25) is 0 Å². The lowest BCUT2D eigenvalue weighted by Gasteiger charge is -2.41. The molecule has 2 heterocycles. The zero-order valence-corrected chi connectivity index (χ0v) is 12.9. The molecule has 0 saturated carbocycles. The summed E-state index contributed by atoms with van der Waals surface area (Å²) in [7, 11) is 0. The molecule has 110 valence electrons. The second-order valence-electron chi connectivity index (χ2n) is 5.88. The van der Waals surface area contributed by atoms with E-state index in [0.717, 1.165) is 25.2 Å². The number of rotatable bonds is 4. The molecule has 5 heteroatoms. The minimum absolute atomic E-state index is 0.110. The molecule has 0 amide bonds. The van der Waals surface area contributed by atoms with E-state index in [1.807, 2.05) is 5.38 Å². The summed E-state index contributed by atoms with van der Waals surface area (Å²) in [6, 6.07) is 2.05. The molecule has 1 aromatic rings. The van der Waals surface area contributed by atoms with E-state index in [1.54, 1.807) is 17.4 Å². The van der Waals surface area contributed by atoms with Crippen LogP contribution in [-0.4, -0.2) is 40.8 Å². The average Bonchev–Trinajstić information content (AvgIpc) is 2.71. The molecule has 2 rings (SSSR count). The third-order valence-corrected chi connectivity index (χ3v) is 4.05. The van der Waals surface area contributed by atoms with Crippen molar-refractivity contribution in [1.29, 1.82) is 0 Å². The summed E-state index contributed by atoms with van der Waals surface area (Å²) < 4.78 is 5.90. The van der Waals surface area contributed by atoms with Crippen molar-refractivity contribution in [2.24, 2.45) is 0 Å². The Bertz CT molecular complexity index is 507. The normalized spacial score (nSPS) is 23.2. The molecule has 1 aliphatic heterocycles. The first-order valence-corrected chi connectivity index (χ1v) is 7.61. The molecular formula is C15H21NO3S. The highest BCUT2D eigenvalue weighted by Gasteiger charge is 2.31. The van der Waals surface area contributed by atoms with Crippen LogP contribution in [0.4, 0.5) is 0 Å². The van der Waals surface area contributed by atoms with E-state index in [2.05, 4.69) is 31.7 Å². The van der Waals surface area contributed by atoms with Gasteiger partial charge in [0.1, 0.15) is 0 Å². The number of carboxylic acid groups (broad SMARTS) is 1. The summed E-state index contributed by atoms with van der Waals surface area (Å²) in [6.07, 6.45) is 3.05. The van der Waals surface area contributed by atoms with Crippen LogP contribution in [0.3, 0.4) is 0 Å². The van der Waals surface area contributed by atoms with E-state index in [1.165, 1.54) is 11.0 Å². The van der Waals surface area contributed by atoms with Gasteiger partial charge < -0.3 is 9.84 Å². The summed E-state index contributed by atoms with van der Waals surface area (Å²) in [4.78, 5) is 14.1. The second kappa shape index (κ2) is 6.08. The van der Waals surface area contributed by atoms with Crippen molar-refractivity contribution in [3.63, 3.8) is 0 Å². The second-order valence-corrected chi connectivity index (χ2v) is 6.87. The van der Waals surface area contributed by atoms with Gasteiger partial charge in [0.2, 0.25) is 0 Å². The highest BCUT2D eigenvalue weighted by atomic mass is 32.1. The Morgan fingerprint density at radius 3 is 3.05 bits per heavy atom. The van der Waals surface area contributed by atoms with Crippen molar-refractivity contribution in [3.8, 4) is 0 Å². The van der Waals surface area contributed by atoms with Gasteiger partial charge in [0.25, 0.3) is 0 Å². The van der Waals surface area contributed by atoms with Crippen molar-refractivity contribution in [2.45, 2.75) is 39.0 Å². The summed E-state index contributed by atoms with van der Waals surface area (Å²) in [5.41, 5.74) is 0.842. The first-order valence-electron chi connectivity index (χ1n) is 6.73. The maximum atomic E-state index is 10.5. The van der Waals surface area contributed by atoms with Crippen LogP contribution in [0, 0.1) is 0 Å². The van der Waals surface area contributed by atoms with Gasteiger partial charge in [-0.05, 0) is 43.9 Å². The fraction of sp³-hybridized carbons (Fsp3) is 0.533. The molecule has 0 spiro atoms. The van der Waals surface area contributed by atoms with Crippen LogP contribution in [0.25, 0.3) is 6.08 Å². The fourth-order valence-corrected chi connectivity index (χ4v) is 3.56. The highest BCUT2D eigenvalue weighted by molar-refractivity contribution is 7.10. The maximum absolute atomic E-state index is 10.5. The molecule has 1 atom stereocenters. The van der Waals surface area contributed by atoms with E-state index >= 15 is 0 Å². The Morgan fingerprint density at radius 1 is 1.65 bits per heavy atom. The van der Waals surface area contributed by atoms with E-state index in [0.29, 0.717) is 0 Å². The van der Waals surface area contributed by atoms with Gasteiger partial charge in [0.05, 0.1) is 11.7 Å². The zero-order chi connectivity index (χ0) is 14.8. The first kappa shape index (κ1) is 15.2. The SMILES string of the molecule is CC1CN(Cc2cc(C=CC(=O)O)cs2)CC(C)(C)O1. The van der Waals surface area contributed by atoms with Crippen molar-refractivity contribution in [1.82, 2.24) is 4.90 Å². The lowest BCUT2D eigenvalue weighted by Crippen LogP contribution is -2.51. The standard InChI is InChI=1S/C15H21NO3S/c1-11-7-16(10-15(2,3)19-11)8-13-6-12(9-20-13)4-5-14(17)18/h4-6,9,11H,7-8,10H2,1-3H3,(H,17,18). The number of carboxylic acids is 1. The van der Waals surface area contributed by atoms with Crippen molar-refractivity contribution < 1.29 is 14.6 Å². The van der Waals surface area contributed by atoms with Gasteiger partial charge in [-0.2, -0.15) is 0 Å². The van der Waals surface area contributed by atoms with Crippen LogP contribution >= 0.6 is 11.3 Å². The van der Waals surface area contributed by atoms with Gasteiger partial charge in [-0.1, -0.05) is 0 Å². The number of thiophene rings is 1. The molecule has 1 N–H and O–H groups in total. The van der Waals surface area contributed by atoms with Crippen LogP contribution in [-0.2, 0) is 16.1 Å². The number of hydrogen-bond donors (Lipinski definition) is 1. The maximum Gasteiger partial charge on any atom is 0.328 e. The minimum Gasteiger partial charge on any atom is -0.478 e. The average molecular weight is 295 g/mol. The van der Waals surface area contributed by atoms with Crippen molar-refractivity contribution >= 4 is 23.4 Å². The molecule has 1 aromatic heterocycles. The molecule has 1 fully saturated rings. The monoisotopic (exact) mass is 295 g/mol. The Kier molecular flexibility index (Phi) is 4.62. The molecule has 0 bridgehead atoms. The Morgan fingerprint density at radius 2 is 2.40 bits per heavy atom. The predicted molar refractivity (Wildman–Crippen MR) is 80.9 cm³/mol. The van der Waals surface area contributed by atoms with Gasteiger partial charge >= 0.3 is 5.97 Å². The smallest absolute Gasteiger partial charge is 0.328 e. The number of carbonyl (C=O) groups is 1. The van der Waals surface area contributed by atoms with Gasteiger partial charge in [0.15, 0.2) is 0 Å². The van der Waals surface area contributed by atoms with Crippen LogP contribution in [0.15, 0.2) is 17.5 Å². The number of morpholine rings is 1. The Balaban J connectivity index is 1.98. The van der Waals surface area contributed by atoms with Crippen LogP contribution in [0.1, 0.15) is 31.2 Å². The minimum atomic E-state index is -0.915. The summed E-state index contributed by atoms with van der Waals surface area (Å²) in [5.74, 6) is -0.915. The lowest BCUT2D eigenvalue weighted by molar-refractivity contribution is -0.131. The zero-order valence-electron chi connectivity index (χ0n) is 12.1. The van der Waals surface area contributed by atoms with Crippen molar-refractivity contribution in [2.75, 3.05) is 13.1 Å². The van der Waals surface area contributed by atoms with Crippen molar-refractivity contribution in [3.05, 3.63) is 28.0 Å². The Hall–Kier alpha value is -1.17. The summed E-state index contributed by atoms with van der Waals surface area (Å²) in [6.45, 7) is 9.07. The van der Waals surface area contributed by atoms with Gasteiger partial charge in [0, 0.05) is 30.6 Å². The molecule has 20 heavy (non-hydrogen) atoms. The largest absolute Gasteiger partial charge is 0.478 e. The predicted octanol–water partition coefficient (Wildman–Crippen LogP) is 2.85. The first-order chi connectivity index (χ1) is 9.34. The Labute approximate surface area is 123 Å². The highest BCUT2D eigenvalue weighted by Crippen LogP contribution is 2.24. The molecule has 0 aromatic carbocycles. The third kappa shape index (κ3) is 4.44. The summed E-state index contributed by atoms with van der Waals surface area (Å²) in [5, 5.41) is 10.6. The van der Waals surface area contributed by atoms with E-state index in [-0.39, 0.29) is 11.7 Å². The summed E-state index contributed by atoms with van der Waals surface area (Å²) >= 11 is 1.67. The molecule has 0 aliphatic carbocycles. The van der Waals surface area contributed by atoms with Gasteiger partial charge in [-0.15, -0.1) is 11.3 Å². The number of ether oxygens (including phenoxy) is 1. The number of nitrogens with zero attached hydrogens (tertiary/aromatic N) is 1. The van der Waals surface area contributed by atoms with E-state index in [4.69, 9.17) is 9.84 Å². The van der Waals surface area contributed by atoms with E-state index in [9.17, 15) is 4.79 Å². The molecule has 1 saturated heterocycles. The lowest BCUT2D eigenvalue weighted by atomic mass is 10.1. The van der Waals surface area contributed by atoms with Crippen LogP contribution in [0.5, 0.6) is 0 Å². The van der Waals surface area contributed by atoms with Gasteiger partial charge in [-0.3, -0.25) is 4.90 Å². The van der Waals surface area contributed by atoms with Gasteiger partial charge in [-0.25, -0.2) is 4.79 Å².